The fourth-order valence-electron chi connectivity index (χ4n) is 5.53. The van der Waals surface area contributed by atoms with E-state index in [4.69, 9.17) is 10.5 Å². The molecule has 0 spiro atoms. The third-order valence-corrected chi connectivity index (χ3v) is 5.88. The summed E-state index contributed by atoms with van der Waals surface area (Å²) >= 11 is 0. The highest BCUT2D eigenvalue weighted by Gasteiger charge is 2.51. The minimum absolute atomic E-state index is 0.440. The number of hydrogen-bond donors (Lipinski definition) is 1. The van der Waals surface area contributed by atoms with Gasteiger partial charge >= 0.3 is 0 Å². The molecule has 4 aliphatic carbocycles. The Kier molecular flexibility index (Phi) is 2.39. The maximum absolute atomic E-state index is 6.13. The van der Waals surface area contributed by atoms with E-state index < -0.39 is 0 Å². The van der Waals surface area contributed by atoms with Crippen LogP contribution in [0, 0.1) is 17.8 Å². The molecule has 0 radical (unpaired) electrons. The fourth-order valence-corrected chi connectivity index (χ4v) is 5.53. The first-order valence-corrected chi connectivity index (χ1v) is 7.62. The van der Waals surface area contributed by atoms with Crippen molar-refractivity contribution in [2.24, 2.45) is 17.8 Å². The van der Waals surface area contributed by atoms with Gasteiger partial charge in [0.05, 0.1) is 12.8 Å². The number of hydrogen-bond acceptors (Lipinski definition) is 2. The van der Waals surface area contributed by atoms with Crippen LogP contribution in [0.2, 0.25) is 0 Å². The highest BCUT2D eigenvalue weighted by molar-refractivity contribution is 5.55. The molecule has 1 aromatic rings. The molecule has 2 nitrogen and oxygen atoms in total. The lowest BCUT2D eigenvalue weighted by Crippen LogP contribution is -2.48. The van der Waals surface area contributed by atoms with Gasteiger partial charge in [0.25, 0.3) is 0 Å². The van der Waals surface area contributed by atoms with Crippen LogP contribution in [0.4, 0.5) is 5.69 Å². The van der Waals surface area contributed by atoms with Gasteiger partial charge in [-0.1, -0.05) is 6.07 Å². The molecule has 0 aromatic heterocycles. The number of rotatable bonds is 2. The summed E-state index contributed by atoms with van der Waals surface area (Å²) in [4.78, 5) is 0. The predicted molar refractivity (Wildman–Crippen MR) is 77.3 cm³/mol. The molecule has 19 heavy (non-hydrogen) atoms. The van der Waals surface area contributed by atoms with Gasteiger partial charge in [0.15, 0.2) is 0 Å². The number of methoxy groups -OCH3 is 1. The standard InChI is InChI=1S/C17H23NO/c1-19-16-3-2-14(7-15(16)18)17-8-11-4-12(9-17)6-13(5-11)10-17/h2-3,7,11-13H,4-6,8-10,18H2,1H3. The van der Waals surface area contributed by atoms with E-state index in [0.29, 0.717) is 5.41 Å². The van der Waals surface area contributed by atoms with Crippen LogP contribution in [0.3, 0.4) is 0 Å². The van der Waals surface area contributed by atoms with Crippen molar-refractivity contribution in [2.45, 2.75) is 43.9 Å². The Morgan fingerprint density at radius 1 is 1.05 bits per heavy atom. The molecular formula is C17H23NO. The normalized spacial score (nSPS) is 39.5. The van der Waals surface area contributed by atoms with Crippen LogP contribution >= 0.6 is 0 Å². The lowest BCUT2D eigenvalue weighted by atomic mass is 9.48. The van der Waals surface area contributed by atoms with E-state index in [0.717, 1.165) is 29.2 Å². The smallest absolute Gasteiger partial charge is 0.141 e. The molecule has 0 saturated heterocycles. The van der Waals surface area contributed by atoms with Crippen molar-refractivity contribution in [3.63, 3.8) is 0 Å². The Bertz CT molecular complexity index is 473. The van der Waals surface area contributed by atoms with Gasteiger partial charge < -0.3 is 10.5 Å². The third kappa shape index (κ3) is 1.69. The van der Waals surface area contributed by atoms with Crippen LogP contribution in [0.1, 0.15) is 44.1 Å². The predicted octanol–water partition coefficient (Wildman–Crippen LogP) is 3.75. The average Bonchev–Trinajstić information content (AvgIpc) is 2.37. The van der Waals surface area contributed by atoms with Gasteiger partial charge in [-0.15, -0.1) is 0 Å². The molecule has 4 aliphatic rings. The molecule has 2 heteroatoms. The molecule has 1 aromatic carbocycles. The Morgan fingerprint density at radius 2 is 1.63 bits per heavy atom. The van der Waals surface area contributed by atoms with E-state index in [9.17, 15) is 0 Å². The first-order chi connectivity index (χ1) is 9.18. The molecule has 4 saturated carbocycles. The van der Waals surface area contributed by atoms with Crippen molar-refractivity contribution in [3.8, 4) is 5.75 Å². The number of ether oxygens (including phenoxy) is 1. The number of nitrogens with two attached hydrogens (primary N) is 1. The molecule has 0 heterocycles. The molecule has 0 atom stereocenters. The Morgan fingerprint density at radius 3 is 2.11 bits per heavy atom. The molecule has 0 aliphatic heterocycles. The molecule has 4 fully saturated rings. The molecule has 0 unspecified atom stereocenters. The van der Waals surface area contributed by atoms with Crippen LogP contribution in [-0.4, -0.2) is 7.11 Å². The summed E-state index contributed by atoms with van der Waals surface area (Å²) in [6.45, 7) is 0. The summed E-state index contributed by atoms with van der Waals surface area (Å²) in [5, 5.41) is 0. The highest BCUT2D eigenvalue weighted by Crippen LogP contribution is 2.60. The van der Waals surface area contributed by atoms with E-state index in [1.54, 1.807) is 7.11 Å². The van der Waals surface area contributed by atoms with Gasteiger partial charge in [-0.25, -0.2) is 0 Å². The van der Waals surface area contributed by atoms with Crippen molar-refractivity contribution in [3.05, 3.63) is 23.8 Å². The second-order valence-electron chi connectivity index (χ2n) is 7.15. The van der Waals surface area contributed by atoms with Crippen molar-refractivity contribution in [2.75, 3.05) is 12.8 Å². The summed E-state index contributed by atoms with van der Waals surface area (Å²) in [7, 11) is 1.69. The number of nitrogen functional groups attached to an aromatic ring is 1. The third-order valence-electron chi connectivity index (χ3n) is 5.88. The fraction of sp³-hybridized carbons (Fsp3) is 0.647. The monoisotopic (exact) mass is 257 g/mol. The minimum Gasteiger partial charge on any atom is -0.495 e. The first kappa shape index (κ1) is 11.6. The number of anilines is 1. The molecular weight excluding hydrogens is 234 g/mol. The van der Waals surface area contributed by atoms with Gasteiger partial charge in [0.1, 0.15) is 5.75 Å². The summed E-state index contributed by atoms with van der Waals surface area (Å²) in [6.07, 6.45) is 8.65. The van der Waals surface area contributed by atoms with E-state index in [1.165, 1.54) is 44.1 Å². The second-order valence-corrected chi connectivity index (χ2v) is 7.15. The summed E-state index contributed by atoms with van der Waals surface area (Å²) in [5.41, 5.74) is 8.84. The van der Waals surface area contributed by atoms with E-state index in [2.05, 4.69) is 18.2 Å². The van der Waals surface area contributed by atoms with Gasteiger partial charge in [0, 0.05) is 0 Å². The van der Waals surface area contributed by atoms with Crippen LogP contribution in [-0.2, 0) is 5.41 Å². The van der Waals surface area contributed by atoms with Crippen LogP contribution in [0.25, 0.3) is 0 Å². The number of benzene rings is 1. The quantitative estimate of drug-likeness (QED) is 0.819. The zero-order valence-corrected chi connectivity index (χ0v) is 11.7. The molecule has 102 valence electrons. The molecule has 2 N–H and O–H groups in total. The van der Waals surface area contributed by atoms with Crippen LogP contribution in [0.15, 0.2) is 18.2 Å². The largest absolute Gasteiger partial charge is 0.495 e. The Labute approximate surface area is 115 Å². The van der Waals surface area contributed by atoms with Gasteiger partial charge in [-0.2, -0.15) is 0 Å². The van der Waals surface area contributed by atoms with Crippen molar-refractivity contribution >= 4 is 5.69 Å². The zero-order valence-electron chi connectivity index (χ0n) is 11.7. The summed E-state index contributed by atoms with van der Waals surface area (Å²) in [5.74, 6) is 3.76. The maximum atomic E-state index is 6.13. The topological polar surface area (TPSA) is 35.2 Å². The van der Waals surface area contributed by atoms with E-state index >= 15 is 0 Å². The highest BCUT2D eigenvalue weighted by atomic mass is 16.5. The van der Waals surface area contributed by atoms with E-state index in [1.807, 2.05) is 0 Å². The first-order valence-electron chi connectivity index (χ1n) is 7.62. The summed E-state index contributed by atoms with van der Waals surface area (Å²) < 4.78 is 5.29. The lowest BCUT2D eigenvalue weighted by molar-refractivity contribution is -0.00517. The Hall–Kier alpha value is -1.18. The van der Waals surface area contributed by atoms with Gasteiger partial charge in [0.2, 0.25) is 0 Å². The second kappa shape index (κ2) is 3.91. The van der Waals surface area contributed by atoms with E-state index in [-0.39, 0.29) is 0 Å². The SMILES string of the molecule is COc1ccc(C23CC4CC(CC(C4)C2)C3)cc1N. The molecule has 4 bridgehead atoms. The average molecular weight is 257 g/mol. The molecule has 5 rings (SSSR count). The van der Waals surface area contributed by atoms with Crippen molar-refractivity contribution in [1.29, 1.82) is 0 Å². The van der Waals surface area contributed by atoms with Crippen LogP contribution < -0.4 is 10.5 Å². The van der Waals surface area contributed by atoms with Crippen molar-refractivity contribution in [1.82, 2.24) is 0 Å². The van der Waals surface area contributed by atoms with Crippen LogP contribution in [0.5, 0.6) is 5.75 Å². The summed E-state index contributed by atoms with van der Waals surface area (Å²) in [6, 6.07) is 6.51. The maximum Gasteiger partial charge on any atom is 0.141 e. The lowest BCUT2D eigenvalue weighted by Gasteiger charge is -2.57. The van der Waals surface area contributed by atoms with Gasteiger partial charge in [-0.05, 0) is 79.4 Å². The Balaban J connectivity index is 1.73. The van der Waals surface area contributed by atoms with Crippen molar-refractivity contribution < 1.29 is 4.74 Å². The molecule has 0 amide bonds. The minimum atomic E-state index is 0.440. The van der Waals surface area contributed by atoms with Gasteiger partial charge in [-0.3, -0.25) is 0 Å². The zero-order chi connectivity index (χ0) is 13.0.